The first-order valence-corrected chi connectivity index (χ1v) is 11.6. The van der Waals surface area contributed by atoms with Crippen LogP contribution in [0.25, 0.3) is 0 Å². The van der Waals surface area contributed by atoms with E-state index in [4.69, 9.17) is 65.5 Å². The van der Waals surface area contributed by atoms with Gasteiger partial charge in [0, 0.05) is 17.8 Å². The molecule has 0 spiro atoms. The summed E-state index contributed by atoms with van der Waals surface area (Å²) in [5.41, 5.74) is 0.127. The van der Waals surface area contributed by atoms with Crippen molar-refractivity contribution >= 4 is 52.1 Å². The molecule has 0 atom stereocenters. The Balaban J connectivity index is 1.86. The molecule has 13 heteroatoms. The lowest BCUT2D eigenvalue weighted by molar-refractivity contribution is -0.137. The van der Waals surface area contributed by atoms with Gasteiger partial charge in [0.05, 0.1) is 30.0 Å². The zero-order valence-corrected chi connectivity index (χ0v) is 21.6. The Morgan fingerprint density at radius 3 is 2.40 bits per heavy atom. The van der Waals surface area contributed by atoms with E-state index < -0.39 is 11.7 Å². The molecule has 0 aliphatic heterocycles. The second-order valence-electron chi connectivity index (χ2n) is 6.86. The molecule has 192 valence electrons. The molecule has 2 rings (SSSR count). The van der Waals surface area contributed by atoms with Gasteiger partial charge in [0.2, 0.25) is 5.88 Å². The predicted octanol–water partition coefficient (Wildman–Crippen LogP) is 7.71. The molecule has 0 amide bonds. The second-order valence-corrected chi connectivity index (χ2v) is 8.69. The lowest BCUT2D eigenvalue weighted by Crippen LogP contribution is -2.07. The molecule has 0 saturated carbocycles. The fraction of sp³-hybridized carbons (Fsp3) is 0.364. The highest BCUT2D eigenvalue weighted by Crippen LogP contribution is 2.34. The minimum atomic E-state index is -4.52. The van der Waals surface area contributed by atoms with Crippen molar-refractivity contribution in [2.75, 3.05) is 26.9 Å². The van der Waals surface area contributed by atoms with Gasteiger partial charge in [-0.15, -0.1) is 0 Å². The SMILES string of the molecule is COc1c(Cl)cc(OCC=C(Cl)Cl)cc1/C(C)=N/OCCCCOc1ncc(C(F)(F)F)cc1Cl. The minimum absolute atomic E-state index is 0.0654. The Hall–Kier alpha value is -2.07. The third-order valence-corrected chi connectivity index (χ3v) is 5.16. The lowest BCUT2D eigenvalue weighted by Gasteiger charge is -2.13. The van der Waals surface area contributed by atoms with Crippen molar-refractivity contribution < 1.29 is 32.2 Å². The van der Waals surface area contributed by atoms with Crippen LogP contribution in [0.5, 0.6) is 17.4 Å². The molecule has 0 aliphatic carbocycles. The van der Waals surface area contributed by atoms with Crippen LogP contribution in [0.4, 0.5) is 13.2 Å². The number of hydrogen-bond acceptors (Lipinski definition) is 6. The van der Waals surface area contributed by atoms with E-state index in [1.54, 1.807) is 19.1 Å². The molecular weight excluding hydrogens is 555 g/mol. The number of oxime groups is 1. The van der Waals surface area contributed by atoms with Crippen LogP contribution in [0.15, 0.2) is 40.1 Å². The number of benzene rings is 1. The molecular formula is C22H21Cl4F3N2O4. The summed E-state index contributed by atoms with van der Waals surface area (Å²) >= 11 is 23.2. The summed E-state index contributed by atoms with van der Waals surface area (Å²) in [6.45, 7) is 2.31. The lowest BCUT2D eigenvalue weighted by atomic mass is 10.1. The van der Waals surface area contributed by atoms with Crippen molar-refractivity contribution in [2.24, 2.45) is 5.16 Å². The summed E-state index contributed by atoms with van der Waals surface area (Å²) in [6.07, 6.45) is -1.28. The van der Waals surface area contributed by atoms with E-state index in [1.165, 1.54) is 13.2 Å². The number of halogens is 7. The van der Waals surface area contributed by atoms with Gasteiger partial charge in [-0.05, 0) is 38.0 Å². The third-order valence-electron chi connectivity index (χ3n) is 4.30. The Labute approximate surface area is 220 Å². The molecule has 0 fully saturated rings. The predicted molar refractivity (Wildman–Crippen MR) is 130 cm³/mol. The number of rotatable bonds is 12. The summed E-state index contributed by atoms with van der Waals surface area (Å²) in [4.78, 5) is 8.97. The number of hydrogen-bond donors (Lipinski definition) is 0. The molecule has 0 radical (unpaired) electrons. The zero-order valence-electron chi connectivity index (χ0n) is 18.6. The first-order valence-electron chi connectivity index (χ1n) is 10.1. The highest BCUT2D eigenvalue weighted by Gasteiger charge is 2.31. The van der Waals surface area contributed by atoms with Crippen molar-refractivity contribution in [3.63, 3.8) is 0 Å². The van der Waals surface area contributed by atoms with Crippen molar-refractivity contribution in [1.29, 1.82) is 0 Å². The maximum Gasteiger partial charge on any atom is 0.417 e. The van der Waals surface area contributed by atoms with E-state index >= 15 is 0 Å². The molecule has 1 aromatic carbocycles. The highest BCUT2D eigenvalue weighted by molar-refractivity contribution is 6.55. The van der Waals surface area contributed by atoms with Crippen LogP contribution >= 0.6 is 46.4 Å². The Morgan fingerprint density at radius 1 is 1.06 bits per heavy atom. The molecule has 0 unspecified atom stereocenters. The van der Waals surface area contributed by atoms with Gasteiger partial charge in [0.15, 0.2) is 0 Å². The maximum atomic E-state index is 12.7. The van der Waals surface area contributed by atoms with Gasteiger partial charge in [-0.25, -0.2) is 4.98 Å². The second kappa shape index (κ2) is 13.9. The number of methoxy groups -OCH3 is 1. The van der Waals surface area contributed by atoms with Crippen LogP contribution < -0.4 is 14.2 Å². The van der Waals surface area contributed by atoms with Crippen LogP contribution in [-0.4, -0.2) is 37.6 Å². The zero-order chi connectivity index (χ0) is 26.0. The molecule has 1 heterocycles. The number of pyridine rings is 1. The van der Waals surface area contributed by atoms with E-state index in [9.17, 15) is 13.2 Å². The number of ether oxygens (including phenoxy) is 3. The van der Waals surface area contributed by atoms with Gasteiger partial charge < -0.3 is 19.0 Å². The van der Waals surface area contributed by atoms with Gasteiger partial charge in [-0.3, -0.25) is 0 Å². The summed E-state index contributed by atoms with van der Waals surface area (Å²) in [5, 5.41) is 4.20. The molecule has 0 saturated heterocycles. The van der Waals surface area contributed by atoms with Crippen molar-refractivity contribution in [3.05, 3.63) is 56.1 Å². The van der Waals surface area contributed by atoms with Crippen LogP contribution in [0, 0.1) is 0 Å². The van der Waals surface area contributed by atoms with Gasteiger partial charge >= 0.3 is 6.18 Å². The number of unbranched alkanes of at least 4 members (excludes halogenated alkanes) is 1. The molecule has 35 heavy (non-hydrogen) atoms. The monoisotopic (exact) mass is 574 g/mol. The van der Waals surface area contributed by atoms with E-state index in [0.717, 1.165) is 6.07 Å². The quantitative estimate of drug-likeness (QED) is 0.147. The molecule has 6 nitrogen and oxygen atoms in total. The Morgan fingerprint density at radius 2 is 1.77 bits per heavy atom. The van der Waals surface area contributed by atoms with E-state index in [1.807, 2.05) is 0 Å². The number of nitrogens with zero attached hydrogens (tertiary/aromatic N) is 2. The average molecular weight is 576 g/mol. The van der Waals surface area contributed by atoms with Gasteiger partial charge in [0.25, 0.3) is 0 Å². The molecule has 1 aromatic heterocycles. The minimum Gasteiger partial charge on any atom is -0.494 e. The molecule has 0 aliphatic rings. The van der Waals surface area contributed by atoms with E-state index in [-0.39, 0.29) is 35.2 Å². The summed E-state index contributed by atoms with van der Waals surface area (Å²) in [5.74, 6) is 0.798. The largest absolute Gasteiger partial charge is 0.494 e. The van der Waals surface area contributed by atoms with Crippen molar-refractivity contribution in [1.82, 2.24) is 4.98 Å². The average Bonchev–Trinajstić information content (AvgIpc) is 2.77. The highest BCUT2D eigenvalue weighted by atomic mass is 35.5. The van der Waals surface area contributed by atoms with E-state index in [0.29, 0.717) is 46.8 Å². The summed E-state index contributed by atoms with van der Waals surface area (Å²) in [6, 6.07) is 4.05. The molecule has 0 N–H and O–H groups in total. The van der Waals surface area contributed by atoms with Gasteiger partial charge in [-0.2, -0.15) is 13.2 Å². The fourth-order valence-corrected chi connectivity index (χ4v) is 3.28. The van der Waals surface area contributed by atoms with Crippen LogP contribution in [0.2, 0.25) is 10.0 Å². The first kappa shape index (κ1) is 29.2. The standard InChI is InChI=1S/C22H21Cl4F3N2O4/c1-13(16-10-15(33-8-5-19(25)26)11-17(23)20(16)32-2)31-35-7-4-3-6-34-21-18(24)9-14(12-30-21)22(27,28)29/h5,9-12H,3-4,6-8H2,1-2H3/b31-13+. The first-order chi connectivity index (χ1) is 16.5. The van der Waals surface area contributed by atoms with Crippen LogP contribution in [-0.2, 0) is 11.0 Å². The van der Waals surface area contributed by atoms with Crippen molar-refractivity contribution in [3.8, 4) is 17.4 Å². The Bertz CT molecular complexity index is 1060. The third kappa shape index (κ3) is 9.48. The van der Waals surface area contributed by atoms with E-state index in [2.05, 4.69) is 10.1 Å². The normalized spacial score (nSPS) is 11.7. The molecule has 2 aromatic rings. The molecule has 0 bridgehead atoms. The van der Waals surface area contributed by atoms with Gasteiger partial charge in [-0.1, -0.05) is 51.6 Å². The Kier molecular flexibility index (Phi) is 11.6. The number of alkyl halides is 3. The van der Waals surface area contributed by atoms with Crippen LogP contribution in [0.1, 0.15) is 30.9 Å². The summed E-state index contributed by atoms with van der Waals surface area (Å²) in [7, 11) is 1.48. The van der Waals surface area contributed by atoms with Gasteiger partial charge in [0.1, 0.15) is 34.2 Å². The van der Waals surface area contributed by atoms with Crippen molar-refractivity contribution in [2.45, 2.75) is 25.9 Å². The summed E-state index contributed by atoms with van der Waals surface area (Å²) < 4.78 is 54.3. The number of aromatic nitrogens is 1. The fourth-order valence-electron chi connectivity index (χ4n) is 2.64. The topological polar surface area (TPSA) is 62.2 Å². The van der Waals surface area contributed by atoms with Crippen LogP contribution in [0.3, 0.4) is 0 Å². The smallest absolute Gasteiger partial charge is 0.417 e. The maximum absolute atomic E-state index is 12.7.